The van der Waals surface area contributed by atoms with Crippen LogP contribution in [0.25, 0.3) is 10.2 Å². The maximum Gasteiger partial charge on any atom is 0.303 e. The molecule has 0 spiro atoms. The van der Waals surface area contributed by atoms with Gasteiger partial charge in [-0.3, -0.25) is 14.4 Å². The Balaban J connectivity index is 1.64. The summed E-state index contributed by atoms with van der Waals surface area (Å²) in [6.07, 6.45) is -5.48. The molecule has 0 saturated carbocycles. The second-order valence-corrected chi connectivity index (χ2v) is 9.91. The lowest BCUT2D eigenvalue weighted by atomic mass is 9.97. The van der Waals surface area contributed by atoms with Gasteiger partial charge >= 0.3 is 17.9 Å². The second kappa shape index (κ2) is 13.2. The molecular formula is C25H32N4O9S. The van der Waals surface area contributed by atoms with Gasteiger partial charge in [0.15, 0.2) is 29.7 Å². The number of morpholine rings is 1. The molecule has 0 aliphatic carbocycles. The first kappa shape index (κ1) is 28.7. The number of carbonyl (C=O) groups excluding carboxylic acids is 3. The number of fused-ring (bicyclic) bond motifs is 1. The quantitative estimate of drug-likeness (QED) is 0.225. The Morgan fingerprint density at radius 1 is 1.03 bits per heavy atom. The van der Waals surface area contributed by atoms with Crippen LogP contribution in [-0.2, 0) is 42.8 Å². The van der Waals surface area contributed by atoms with E-state index in [9.17, 15) is 14.4 Å². The fourth-order valence-electron chi connectivity index (χ4n) is 4.38. The Bertz CT molecular complexity index is 1170. The highest BCUT2D eigenvalue weighted by atomic mass is 32.1. The van der Waals surface area contributed by atoms with Gasteiger partial charge < -0.3 is 38.6 Å². The molecule has 1 aromatic heterocycles. The van der Waals surface area contributed by atoms with Gasteiger partial charge in [-0.05, 0) is 12.1 Å². The van der Waals surface area contributed by atoms with Crippen molar-refractivity contribution < 1.29 is 42.8 Å². The first-order chi connectivity index (χ1) is 18.7. The summed E-state index contributed by atoms with van der Waals surface area (Å²) < 4.78 is 34.4. The van der Waals surface area contributed by atoms with E-state index in [-0.39, 0.29) is 6.54 Å². The van der Waals surface area contributed by atoms with Gasteiger partial charge in [0.05, 0.1) is 30.0 Å². The number of anilines is 1. The summed E-state index contributed by atoms with van der Waals surface area (Å²) >= 11 is 1.49. The van der Waals surface area contributed by atoms with Gasteiger partial charge in [0.25, 0.3) is 0 Å². The summed E-state index contributed by atoms with van der Waals surface area (Å²) in [4.78, 5) is 47.3. The lowest BCUT2D eigenvalue weighted by molar-refractivity contribution is -0.296. The van der Waals surface area contributed by atoms with E-state index in [4.69, 9.17) is 33.4 Å². The highest BCUT2D eigenvalue weighted by Crippen LogP contribution is 2.30. The van der Waals surface area contributed by atoms with E-state index in [2.05, 4.69) is 10.3 Å². The summed E-state index contributed by atoms with van der Waals surface area (Å²) in [5.41, 5.74) is 0.862. The molecule has 4 rings (SSSR count). The number of nitrogens with one attached hydrogen (secondary N) is 1. The zero-order valence-corrected chi connectivity index (χ0v) is 23.0. The zero-order valence-electron chi connectivity index (χ0n) is 22.2. The van der Waals surface area contributed by atoms with Crippen LogP contribution in [0.15, 0.2) is 29.3 Å². The zero-order chi connectivity index (χ0) is 27.9. The van der Waals surface area contributed by atoms with Gasteiger partial charge in [-0.2, -0.15) is 0 Å². The van der Waals surface area contributed by atoms with E-state index in [1.54, 1.807) is 0 Å². The fraction of sp³-hybridized carbons (Fsp3) is 0.560. The number of carbonyl (C=O) groups is 3. The number of ether oxygens (including phenoxy) is 6. The summed E-state index contributed by atoms with van der Waals surface area (Å²) in [5, 5.41) is 3.97. The average molecular weight is 565 g/mol. The molecule has 0 amide bonds. The largest absolute Gasteiger partial charge is 0.456 e. The third-order valence-electron chi connectivity index (χ3n) is 5.97. The van der Waals surface area contributed by atoms with Crippen LogP contribution >= 0.6 is 11.3 Å². The Labute approximate surface area is 229 Å². The standard InChI is InChI=1S/C25H32N4O9S/c1-14(30)35-20-18(38-23(33-4)22(37-16(3)32)21(20)36-15(2)31)13-26-24(29-9-11-34-12-10-29)28-25-27-17-7-5-6-8-19(17)39-25/h5-8,18,20-23H,9-13H2,1-4H3,(H,26,27,28)/t18-,20-,21+,22-,23+/m1/s1. The third-order valence-corrected chi connectivity index (χ3v) is 6.93. The van der Waals surface area contributed by atoms with Crippen molar-refractivity contribution in [3.05, 3.63) is 24.3 Å². The van der Waals surface area contributed by atoms with Crippen molar-refractivity contribution in [3.8, 4) is 0 Å². The maximum absolute atomic E-state index is 12.0. The van der Waals surface area contributed by atoms with Crippen LogP contribution in [0.3, 0.4) is 0 Å². The van der Waals surface area contributed by atoms with Gasteiger partial charge in [-0.1, -0.05) is 23.5 Å². The number of hydrogen-bond acceptors (Lipinski definition) is 12. The van der Waals surface area contributed by atoms with E-state index in [0.717, 1.165) is 10.2 Å². The van der Waals surface area contributed by atoms with Gasteiger partial charge in [0.1, 0.15) is 6.10 Å². The minimum Gasteiger partial charge on any atom is -0.456 e. The van der Waals surface area contributed by atoms with Crippen LogP contribution in [0.1, 0.15) is 20.8 Å². The van der Waals surface area contributed by atoms with Crippen LogP contribution in [0.2, 0.25) is 0 Å². The van der Waals surface area contributed by atoms with Crippen molar-refractivity contribution in [3.63, 3.8) is 0 Å². The molecule has 2 fully saturated rings. The summed E-state index contributed by atoms with van der Waals surface area (Å²) in [7, 11) is 1.37. The van der Waals surface area contributed by atoms with Crippen molar-refractivity contribution >= 4 is 50.6 Å². The molecule has 2 aliphatic rings. The Morgan fingerprint density at radius 2 is 1.67 bits per heavy atom. The van der Waals surface area contributed by atoms with E-state index < -0.39 is 48.6 Å². The minimum atomic E-state index is -1.18. The molecule has 0 unspecified atom stereocenters. The summed E-state index contributed by atoms with van der Waals surface area (Å²) in [6.45, 7) is 5.88. The Hall–Kier alpha value is -3.33. The normalized spacial score (nSPS) is 25.7. The van der Waals surface area contributed by atoms with Gasteiger partial charge in [-0.15, -0.1) is 0 Å². The Morgan fingerprint density at radius 3 is 2.31 bits per heavy atom. The predicted octanol–water partition coefficient (Wildman–Crippen LogP) is 1.56. The molecule has 0 radical (unpaired) electrons. The van der Waals surface area contributed by atoms with Gasteiger partial charge in [-0.25, -0.2) is 9.98 Å². The average Bonchev–Trinajstić information content (AvgIpc) is 3.31. The highest BCUT2D eigenvalue weighted by Gasteiger charge is 2.52. The number of esters is 3. The lowest BCUT2D eigenvalue weighted by Gasteiger charge is -2.43. The second-order valence-electron chi connectivity index (χ2n) is 8.88. The van der Waals surface area contributed by atoms with Crippen LogP contribution in [-0.4, -0.2) is 104 Å². The van der Waals surface area contributed by atoms with Crippen molar-refractivity contribution in [2.45, 2.75) is 51.5 Å². The highest BCUT2D eigenvalue weighted by molar-refractivity contribution is 7.22. The third kappa shape index (κ3) is 7.41. The summed E-state index contributed by atoms with van der Waals surface area (Å²) in [6, 6.07) is 7.80. The molecule has 2 aliphatic heterocycles. The number of para-hydroxylation sites is 1. The number of aliphatic imine (C=N–C) groups is 1. The van der Waals surface area contributed by atoms with E-state index >= 15 is 0 Å². The first-order valence-corrected chi connectivity index (χ1v) is 13.3. The molecule has 212 valence electrons. The van der Waals surface area contributed by atoms with Gasteiger partial charge in [0.2, 0.25) is 5.96 Å². The predicted molar refractivity (Wildman–Crippen MR) is 140 cm³/mol. The van der Waals surface area contributed by atoms with Crippen LogP contribution in [0.5, 0.6) is 0 Å². The van der Waals surface area contributed by atoms with E-state index in [0.29, 0.717) is 37.4 Å². The number of thiazole rings is 1. The molecular weight excluding hydrogens is 532 g/mol. The van der Waals surface area contributed by atoms with Crippen molar-refractivity contribution in [1.29, 1.82) is 0 Å². The molecule has 13 nitrogen and oxygen atoms in total. The van der Waals surface area contributed by atoms with Crippen molar-refractivity contribution in [2.24, 2.45) is 4.99 Å². The molecule has 2 aromatic rings. The number of hydrogen-bond donors (Lipinski definition) is 1. The molecule has 0 bridgehead atoms. The molecule has 1 N–H and O–H groups in total. The molecule has 39 heavy (non-hydrogen) atoms. The van der Waals surface area contributed by atoms with Crippen molar-refractivity contribution in [2.75, 3.05) is 45.3 Å². The SMILES string of the molecule is CO[C@H]1O[C@H](CN=C(Nc2nc3ccccc3s2)N2CCOCC2)[C@@H](OC(C)=O)[C@H](OC(C)=O)[C@H]1OC(C)=O. The molecule has 1 aromatic carbocycles. The van der Waals surface area contributed by atoms with E-state index in [1.165, 1.54) is 39.2 Å². The van der Waals surface area contributed by atoms with Gasteiger partial charge in [0, 0.05) is 41.0 Å². The maximum atomic E-state index is 12.0. The van der Waals surface area contributed by atoms with Crippen molar-refractivity contribution in [1.82, 2.24) is 9.88 Å². The molecule has 2 saturated heterocycles. The number of methoxy groups -OCH3 is 1. The topological polar surface area (TPSA) is 147 Å². The first-order valence-electron chi connectivity index (χ1n) is 12.4. The van der Waals surface area contributed by atoms with Crippen LogP contribution in [0, 0.1) is 0 Å². The minimum absolute atomic E-state index is 0.00700. The van der Waals surface area contributed by atoms with Crippen LogP contribution in [0.4, 0.5) is 5.13 Å². The summed E-state index contributed by atoms with van der Waals surface area (Å²) in [5.74, 6) is -1.40. The monoisotopic (exact) mass is 564 g/mol. The number of benzene rings is 1. The van der Waals surface area contributed by atoms with E-state index in [1.807, 2.05) is 29.2 Å². The number of rotatable bonds is 7. The molecule has 3 heterocycles. The Kier molecular flexibility index (Phi) is 9.67. The number of nitrogens with zero attached hydrogens (tertiary/aromatic N) is 3. The lowest BCUT2D eigenvalue weighted by Crippen LogP contribution is -2.62. The molecule has 5 atom stereocenters. The van der Waals surface area contributed by atoms with Crippen LogP contribution < -0.4 is 5.32 Å². The fourth-order valence-corrected chi connectivity index (χ4v) is 5.24. The number of guanidine groups is 1. The molecule has 14 heteroatoms. The number of aromatic nitrogens is 1. The smallest absolute Gasteiger partial charge is 0.303 e.